The minimum atomic E-state index is 0. The topological polar surface area (TPSA) is 12.0 Å². The van der Waals surface area contributed by atoms with E-state index in [1.807, 2.05) is 0 Å². The quantitative estimate of drug-likeness (QED) is 0.850. The van der Waals surface area contributed by atoms with Crippen LogP contribution >= 0.6 is 12.4 Å². The molecular formula is C17H22ClN. The van der Waals surface area contributed by atoms with Crippen molar-refractivity contribution in [2.75, 3.05) is 7.05 Å². The Bertz CT molecular complexity index is 532. The first kappa shape index (κ1) is 14.4. The van der Waals surface area contributed by atoms with Gasteiger partial charge in [0.1, 0.15) is 0 Å². The monoisotopic (exact) mass is 275 g/mol. The molecule has 1 N–H and O–H groups in total. The average molecular weight is 276 g/mol. The molecule has 2 atom stereocenters. The van der Waals surface area contributed by atoms with E-state index in [2.05, 4.69) is 54.8 Å². The van der Waals surface area contributed by atoms with Crippen LogP contribution in [0, 0.1) is 0 Å². The van der Waals surface area contributed by atoms with E-state index in [0.717, 1.165) is 5.92 Å². The highest BCUT2D eigenvalue weighted by Gasteiger charge is 2.23. The van der Waals surface area contributed by atoms with Gasteiger partial charge in [0, 0.05) is 6.04 Å². The molecule has 0 bridgehead atoms. The lowest BCUT2D eigenvalue weighted by Gasteiger charge is -2.30. The van der Waals surface area contributed by atoms with Gasteiger partial charge in [0.2, 0.25) is 0 Å². The molecule has 2 unspecified atom stereocenters. The fourth-order valence-electron chi connectivity index (χ4n) is 3.34. The zero-order chi connectivity index (χ0) is 12.4. The third-order valence-electron chi connectivity index (χ3n) is 4.35. The van der Waals surface area contributed by atoms with Gasteiger partial charge in [-0.3, -0.25) is 0 Å². The van der Waals surface area contributed by atoms with Gasteiger partial charge in [0.05, 0.1) is 0 Å². The molecule has 2 aromatic carbocycles. The van der Waals surface area contributed by atoms with Gasteiger partial charge >= 0.3 is 0 Å². The number of rotatable bonds is 2. The van der Waals surface area contributed by atoms with Gasteiger partial charge < -0.3 is 5.32 Å². The summed E-state index contributed by atoms with van der Waals surface area (Å²) in [6, 6.07) is 16.2. The summed E-state index contributed by atoms with van der Waals surface area (Å²) in [6.07, 6.45) is 5.30. The minimum Gasteiger partial charge on any atom is -0.317 e. The van der Waals surface area contributed by atoms with Crippen molar-refractivity contribution in [1.82, 2.24) is 5.32 Å². The zero-order valence-corrected chi connectivity index (χ0v) is 12.2. The van der Waals surface area contributed by atoms with E-state index in [1.165, 1.54) is 36.5 Å². The maximum absolute atomic E-state index is 3.45. The second-order valence-electron chi connectivity index (χ2n) is 5.42. The molecule has 0 aromatic heterocycles. The van der Waals surface area contributed by atoms with Gasteiger partial charge in [-0.1, -0.05) is 48.9 Å². The smallest absolute Gasteiger partial charge is 0.00698 e. The van der Waals surface area contributed by atoms with Crippen LogP contribution in [0.25, 0.3) is 10.8 Å². The highest BCUT2D eigenvalue weighted by Crippen LogP contribution is 2.36. The van der Waals surface area contributed by atoms with Crippen molar-refractivity contribution in [3.8, 4) is 0 Å². The van der Waals surface area contributed by atoms with Crippen LogP contribution in [0.3, 0.4) is 0 Å². The number of halogens is 1. The SMILES string of the molecule is CNC1CCCC(c2cccc3ccccc23)C1.Cl. The summed E-state index contributed by atoms with van der Waals surface area (Å²) in [5.74, 6) is 0.724. The van der Waals surface area contributed by atoms with E-state index in [9.17, 15) is 0 Å². The predicted octanol–water partition coefficient (Wildman–Crippen LogP) is 4.51. The van der Waals surface area contributed by atoms with E-state index in [1.54, 1.807) is 5.56 Å². The van der Waals surface area contributed by atoms with E-state index in [0.29, 0.717) is 6.04 Å². The van der Waals surface area contributed by atoms with Crippen molar-refractivity contribution in [3.63, 3.8) is 0 Å². The second-order valence-corrected chi connectivity index (χ2v) is 5.42. The van der Waals surface area contributed by atoms with Gasteiger partial charge in [0.15, 0.2) is 0 Å². The molecule has 0 radical (unpaired) electrons. The number of nitrogens with one attached hydrogen (secondary N) is 1. The van der Waals surface area contributed by atoms with Crippen LogP contribution in [0.4, 0.5) is 0 Å². The number of hydrogen-bond acceptors (Lipinski definition) is 1. The highest BCUT2D eigenvalue weighted by molar-refractivity contribution is 5.86. The molecule has 0 spiro atoms. The van der Waals surface area contributed by atoms with Crippen LogP contribution in [0.5, 0.6) is 0 Å². The molecule has 0 heterocycles. The lowest BCUT2D eigenvalue weighted by atomic mass is 9.80. The number of hydrogen-bond donors (Lipinski definition) is 1. The second kappa shape index (κ2) is 6.40. The molecule has 2 heteroatoms. The molecular weight excluding hydrogens is 254 g/mol. The summed E-state index contributed by atoms with van der Waals surface area (Å²) >= 11 is 0. The maximum atomic E-state index is 3.45. The van der Waals surface area contributed by atoms with Gasteiger partial charge in [-0.15, -0.1) is 12.4 Å². The van der Waals surface area contributed by atoms with Crippen molar-refractivity contribution < 1.29 is 0 Å². The Hall–Kier alpha value is -1.05. The van der Waals surface area contributed by atoms with Crippen LogP contribution in [0.1, 0.15) is 37.2 Å². The van der Waals surface area contributed by atoms with Crippen molar-refractivity contribution >= 4 is 23.2 Å². The Labute approximate surface area is 121 Å². The van der Waals surface area contributed by atoms with Crippen LogP contribution in [0.15, 0.2) is 42.5 Å². The van der Waals surface area contributed by atoms with Crippen LogP contribution in [-0.2, 0) is 0 Å². The molecule has 19 heavy (non-hydrogen) atoms. The van der Waals surface area contributed by atoms with Gasteiger partial charge in [-0.05, 0) is 48.6 Å². The minimum absolute atomic E-state index is 0. The van der Waals surface area contributed by atoms with Crippen molar-refractivity contribution in [2.45, 2.75) is 37.6 Å². The molecule has 1 saturated carbocycles. The Morgan fingerprint density at radius 1 is 1.00 bits per heavy atom. The van der Waals surface area contributed by atoms with Gasteiger partial charge in [0.25, 0.3) is 0 Å². The molecule has 3 rings (SSSR count). The largest absolute Gasteiger partial charge is 0.317 e. The molecule has 0 amide bonds. The first-order valence-electron chi connectivity index (χ1n) is 7.03. The van der Waals surface area contributed by atoms with Crippen LogP contribution in [0.2, 0.25) is 0 Å². The number of fused-ring (bicyclic) bond motifs is 1. The summed E-state index contributed by atoms with van der Waals surface area (Å²) in [4.78, 5) is 0. The standard InChI is InChI=1S/C17H21N.ClH/c1-18-15-9-4-8-14(12-15)17-11-5-7-13-6-2-3-10-16(13)17;/h2-3,5-7,10-11,14-15,18H,4,8-9,12H2,1H3;1H. The molecule has 0 saturated heterocycles. The lowest BCUT2D eigenvalue weighted by Crippen LogP contribution is -2.30. The summed E-state index contributed by atoms with van der Waals surface area (Å²) in [7, 11) is 2.09. The summed E-state index contributed by atoms with van der Waals surface area (Å²) in [5.41, 5.74) is 1.55. The van der Waals surface area contributed by atoms with Gasteiger partial charge in [-0.25, -0.2) is 0 Å². The molecule has 1 aliphatic rings. The van der Waals surface area contributed by atoms with E-state index in [4.69, 9.17) is 0 Å². The molecule has 2 aromatic rings. The molecule has 0 aliphatic heterocycles. The Kier molecular flexibility index (Phi) is 4.84. The Morgan fingerprint density at radius 2 is 1.79 bits per heavy atom. The normalized spacial score (nSPS) is 23.0. The molecule has 102 valence electrons. The van der Waals surface area contributed by atoms with E-state index >= 15 is 0 Å². The van der Waals surface area contributed by atoms with Crippen LogP contribution in [-0.4, -0.2) is 13.1 Å². The van der Waals surface area contributed by atoms with Gasteiger partial charge in [-0.2, -0.15) is 0 Å². The fraction of sp³-hybridized carbons (Fsp3) is 0.412. The highest BCUT2D eigenvalue weighted by atomic mass is 35.5. The number of benzene rings is 2. The predicted molar refractivity (Wildman–Crippen MR) is 85.3 cm³/mol. The first-order chi connectivity index (χ1) is 8.88. The molecule has 1 nitrogen and oxygen atoms in total. The summed E-state index contributed by atoms with van der Waals surface area (Å²) in [5, 5.41) is 6.27. The Balaban J connectivity index is 0.00000133. The van der Waals surface area contributed by atoms with Crippen molar-refractivity contribution in [1.29, 1.82) is 0 Å². The zero-order valence-electron chi connectivity index (χ0n) is 11.4. The van der Waals surface area contributed by atoms with E-state index < -0.39 is 0 Å². The van der Waals surface area contributed by atoms with Crippen LogP contribution < -0.4 is 5.32 Å². The van der Waals surface area contributed by atoms with Crippen molar-refractivity contribution in [2.24, 2.45) is 0 Å². The molecule has 1 aliphatic carbocycles. The van der Waals surface area contributed by atoms with Crippen molar-refractivity contribution in [3.05, 3.63) is 48.0 Å². The summed E-state index contributed by atoms with van der Waals surface area (Å²) < 4.78 is 0. The third kappa shape index (κ3) is 2.93. The Morgan fingerprint density at radius 3 is 2.63 bits per heavy atom. The lowest BCUT2D eigenvalue weighted by molar-refractivity contribution is 0.356. The maximum Gasteiger partial charge on any atom is 0.00698 e. The molecule has 1 fully saturated rings. The fourth-order valence-corrected chi connectivity index (χ4v) is 3.34. The summed E-state index contributed by atoms with van der Waals surface area (Å²) in [6.45, 7) is 0. The van der Waals surface area contributed by atoms with E-state index in [-0.39, 0.29) is 12.4 Å². The first-order valence-corrected chi connectivity index (χ1v) is 7.03. The third-order valence-corrected chi connectivity index (χ3v) is 4.35. The average Bonchev–Trinajstić information content (AvgIpc) is 2.47.